The van der Waals surface area contributed by atoms with Crippen LogP contribution >= 0.6 is 0 Å². The van der Waals surface area contributed by atoms with E-state index in [1.54, 1.807) is 48.5 Å². The van der Waals surface area contributed by atoms with Crippen LogP contribution in [0, 0.1) is 0 Å². The Morgan fingerprint density at radius 1 is 1.09 bits per heavy atom. The number of hydrogen-bond donors (Lipinski definition) is 2. The molecule has 0 atom stereocenters. The Morgan fingerprint density at radius 2 is 1.74 bits per heavy atom. The third kappa shape index (κ3) is 2.76. The van der Waals surface area contributed by atoms with Crippen LogP contribution in [-0.4, -0.2) is 22.1 Å². The lowest BCUT2D eigenvalue weighted by atomic mass is 10.1. The minimum Gasteiger partial charge on any atom is -0.494 e. The summed E-state index contributed by atoms with van der Waals surface area (Å²) in [6, 6.07) is 13.9. The number of rotatable bonds is 3. The number of Topliss-reactive ketones (excluding diaryl/α,β-unsaturated/α-hetero) is 1. The number of para-hydroxylation sites is 1. The molecule has 0 amide bonds. The first-order valence-corrected chi connectivity index (χ1v) is 7.06. The van der Waals surface area contributed by atoms with Gasteiger partial charge in [0.05, 0.1) is 11.3 Å². The molecule has 0 aliphatic heterocycles. The smallest absolute Gasteiger partial charge is 0.258 e. The third-order valence-corrected chi connectivity index (χ3v) is 3.56. The number of aromatic amines is 1. The fourth-order valence-corrected chi connectivity index (χ4v) is 2.43. The number of benzene rings is 2. The van der Waals surface area contributed by atoms with E-state index in [0.717, 1.165) is 0 Å². The lowest BCUT2D eigenvalue weighted by Crippen LogP contribution is -2.07. The summed E-state index contributed by atoms with van der Waals surface area (Å²) in [5, 5.41) is 11.1. The largest absolute Gasteiger partial charge is 0.494 e. The second-order valence-corrected chi connectivity index (χ2v) is 5.09. The van der Waals surface area contributed by atoms with Gasteiger partial charge in [0.25, 0.3) is 5.56 Å². The van der Waals surface area contributed by atoms with Gasteiger partial charge in [0.1, 0.15) is 0 Å². The maximum absolute atomic E-state index is 11.9. The Hall–Kier alpha value is -3.21. The number of H-pyrrole nitrogens is 1. The zero-order valence-corrected chi connectivity index (χ0v) is 12.4. The number of fused-ring (bicyclic) bond motifs is 1. The van der Waals surface area contributed by atoms with Crippen LogP contribution in [0.5, 0.6) is 5.88 Å². The molecule has 0 unspecified atom stereocenters. The topological polar surface area (TPSA) is 82.5 Å². The molecule has 0 spiro atoms. The van der Waals surface area contributed by atoms with Crippen LogP contribution in [0.25, 0.3) is 10.8 Å². The van der Waals surface area contributed by atoms with Gasteiger partial charge in [0.2, 0.25) is 5.88 Å². The van der Waals surface area contributed by atoms with Crippen molar-refractivity contribution in [2.24, 2.45) is 4.99 Å². The summed E-state index contributed by atoms with van der Waals surface area (Å²) in [6.07, 6.45) is 1.45. The van der Waals surface area contributed by atoms with Gasteiger partial charge in [-0.25, -0.2) is 0 Å². The molecule has 5 nitrogen and oxygen atoms in total. The van der Waals surface area contributed by atoms with Gasteiger partial charge in [0.15, 0.2) is 5.78 Å². The summed E-state index contributed by atoms with van der Waals surface area (Å²) >= 11 is 0. The van der Waals surface area contributed by atoms with Crippen molar-refractivity contribution in [3.05, 3.63) is 70.0 Å². The fourth-order valence-electron chi connectivity index (χ4n) is 2.43. The molecule has 0 aliphatic carbocycles. The number of ketones is 1. The molecule has 114 valence electrons. The highest BCUT2D eigenvalue weighted by atomic mass is 16.3. The second-order valence-electron chi connectivity index (χ2n) is 5.09. The Labute approximate surface area is 131 Å². The summed E-state index contributed by atoms with van der Waals surface area (Å²) in [4.78, 5) is 30.2. The van der Waals surface area contributed by atoms with Crippen molar-refractivity contribution in [2.75, 3.05) is 0 Å². The van der Waals surface area contributed by atoms with Crippen molar-refractivity contribution < 1.29 is 9.90 Å². The number of aromatic nitrogens is 1. The molecule has 5 heteroatoms. The van der Waals surface area contributed by atoms with E-state index >= 15 is 0 Å². The van der Waals surface area contributed by atoms with Crippen LogP contribution in [0.4, 0.5) is 5.69 Å². The SMILES string of the molecule is CC(=O)c1ccccc1N=Cc1c(O)[nH]c(=O)c2ccccc12. The molecule has 0 aliphatic rings. The summed E-state index contributed by atoms with van der Waals surface area (Å²) in [6.45, 7) is 1.47. The summed E-state index contributed by atoms with van der Waals surface area (Å²) in [7, 11) is 0. The fraction of sp³-hybridized carbons (Fsp3) is 0.0556. The number of nitrogens with one attached hydrogen (secondary N) is 1. The Bertz CT molecular complexity index is 987. The average Bonchev–Trinajstić information content (AvgIpc) is 2.55. The van der Waals surface area contributed by atoms with Gasteiger partial charge >= 0.3 is 0 Å². The van der Waals surface area contributed by atoms with E-state index in [4.69, 9.17) is 0 Å². The highest BCUT2D eigenvalue weighted by molar-refractivity contribution is 6.04. The number of aliphatic imine (C=N–C) groups is 1. The van der Waals surface area contributed by atoms with Gasteiger partial charge in [-0.2, -0.15) is 0 Å². The highest BCUT2D eigenvalue weighted by Gasteiger charge is 2.09. The van der Waals surface area contributed by atoms with Crippen LogP contribution in [0.15, 0.2) is 58.3 Å². The first-order chi connectivity index (χ1) is 11.1. The number of hydrogen-bond acceptors (Lipinski definition) is 4. The number of nitrogens with zero attached hydrogens (tertiary/aromatic N) is 1. The molecule has 0 bridgehead atoms. The highest BCUT2D eigenvalue weighted by Crippen LogP contribution is 2.23. The van der Waals surface area contributed by atoms with Gasteiger partial charge in [-0.15, -0.1) is 0 Å². The van der Waals surface area contributed by atoms with E-state index in [9.17, 15) is 14.7 Å². The van der Waals surface area contributed by atoms with E-state index in [1.807, 2.05) is 0 Å². The third-order valence-electron chi connectivity index (χ3n) is 3.56. The van der Waals surface area contributed by atoms with E-state index in [0.29, 0.717) is 27.6 Å². The molecule has 23 heavy (non-hydrogen) atoms. The standard InChI is InChI=1S/C18H14N2O3/c1-11(21)12-6-4-5-9-16(12)19-10-15-13-7-2-3-8-14(13)17(22)20-18(15)23/h2-10H,1H3,(H2,20,22,23). The van der Waals surface area contributed by atoms with Crippen LogP contribution in [0.3, 0.4) is 0 Å². The van der Waals surface area contributed by atoms with E-state index in [1.165, 1.54) is 13.1 Å². The van der Waals surface area contributed by atoms with Crippen molar-refractivity contribution >= 4 is 28.5 Å². The normalized spacial score (nSPS) is 11.2. The summed E-state index contributed by atoms with van der Waals surface area (Å²) in [5.74, 6) is -0.342. The van der Waals surface area contributed by atoms with E-state index in [2.05, 4.69) is 9.98 Å². The van der Waals surface area contributed by atoms with Crippen LogP contribution < -0.4 is 5.56 Å². The molecule has 1 aromatic heterocycles. The zero-order chi connectivity index (χ0) is 16.4. The minimum absolute atomic E-state index is 0.0895. The van der Waals surface area contributed by atoms with Gasteiger partial charge in [0, 0.05) is 22.6 Å². The predicted octanol–water partition coefficient (Wildman–Crippen LogP) is 3.19. The Kier molecular flexibility index (Phi) is 3.76. The maximum Gasteiger partial charge on any atom is 0.258 e. The Morgan fingerprint density at radius 3 is 2.48 bits per heavy atom. The predicted molar refractivity (Wildman–Crippen MR) is 89.9 cm³/mol. The molecule has 0 radical (unpaired) electrons. The number of carbonyl (C=O) groups is 1. The average molecular weight is 306 g/mol. The molecule has 2 N–H and O–H groups in total. The molecule has 3 aromatic rings. The van der Waals surface area contributed by atoms with Crippen molar-refractivity contribution in [3.8, 4) is 5.88 Å². The lowest BCUT2D eigenvalue weighted by molar-refractivity contribution is 0.101. The molecule has 0 fully saturated rings. The number of carbonyl (C=O) groups excluding carboxylic acids is 1. The summed E-state index contributed by atoms with van der Waals surface area (Å²) < 4.78 is 0. The first kappa shape index (κ1) is 14.7. The molecule has 0 saturated carbocycles. The zero-order valence-electron chi connectivity index (χ0n) is 12.4. The van der Waals surface area contributed by atoms with Crippen molar-refractivity contribution in [3.63, 3.8) is 0 Å². The number of aromatic hydroxyl groups is 1. The molecule has 2 aromatic carbocycles. The molecule has 3 rings (SSSR count). The number of pyridine rings is 1. The molecule has 0 saturated heterocycles. The van der Waals surface area contributed by atoms with Gasteiger partial charge in [-0.1, -0.05) is 30.3 Å². The van der Waals surface area contributed by atoms with Crippen molar-refractivity contribution in [1.82, 2.24) is 4.98 Å². The molecular weight excluding hydrogens is 292 g/mol. The van der Waals surface area contributed by atoms with Crippen LogP contribution in [0.2, 0.25) is 0 Å². The van der Waals surface area contributed by atoms with Crippen LogP contribution in [-0.2, 0) is 0 Å². The minimum atomic E-state index is -0.362. The summed E-state index contributed by atoms with van der Waals surface area (Å²) in [5.41, 5.74) is 1.05. The lowest BCUT2D eigenvalue weighted by Gasteiger charge is -2.05. The quantitative estimate of drug-likeness (QED) is 0.576. The monoisotopic (exact) mass is 306 g/mol. The van der Waals surface area contributed by atoms with E-state index < -0.39 is 0 Å². The Balaban J connectivity index is 2.16. The van der Waals surface area contributed by atoms with Gasteiger partial charge in [-0.3, -0.25) is 19.6 Å². The van der Waals surface area contributed by atoms with Gasteiger partial charge in [-0.05, 0) is 25.1 Å². The maximum atomic E-state index is 11.9. The molecule has 1 heterocycles. The second kappa shape index (κ2) is 5.88. The first-order valence-electron chi connectivity index (χ1n) is 7.06. The van der Waals surface area contributed by atoms with Crippen molar-refractivity contribution in [1.29, 1.82) is 0 Å². The molecular formula is C18H14N2O3. The van der Waals surface area contributed by atoms with Crippen molar-refractivity contribution in [2.45, 2.75) is 6.92 Å². The van der Waals surface area contributed by atoms with Crippen LogP contribution in [0.1, 0.15) is 22.8 Å². The van der Waals surface area contributed by atoms with E-state index in [-0.39, 0.29) is 17.2 Å². The van der Waals surface area contributed by atoms with Gasteiger partial charge < -0.3 is 5.11 Å².